The molecule has 1 heteroatoms. The van der Waals surface area contributed by atoms with E-state index in [0.29, 0.717) is 0 Å². The molecule has 1 heterocycles. The second kappa shape index (κ2) is 6.18. The Morgan fingerprint density at radius 3 is 2.53 bits per heavy atom. The van der Waals surface area contributed by atoms with Gasteiger partial charge in [-0.15, -0.1) is 0 Å². The number of allylic oxidation sites excluding steroid dienone is 6. The van der Waals surface area contributed by atoms with Crippen LogP contribution in [0.5, 0.6) is 0 Å². The summed E-state index contributed by atoms with van der Waals surface area (Å²) in [6.45, 7) is 17.2. The van der Waals surface area contributed by atoms with E-state index in [9.17, 15) is 0 Å². The molecule has 0 fully saturated rings. The third-order valence-electron chi connectivity index (χ3n) is 3.09. The first-order valence-corrected chi connectivity index (χ1v) is 7.00. The summed E-state index contributed by atoms with van der Waals surface area (Å²) >= 11 is 0. The lowest BCUT2D eigenvalue weighted by molar-refractivity contribution is 0.409. The second-order valence-electron chi connectivity index (χ2n) is 6.63. The van der Waals surface area contributed by atoms with Crippen molar-refractivity contribution >= 4 is 5.71 Å². The van der Waals surface area contributed by atoms with Crippen LogP contribution in [0.4, 0.5) is 0 Å². The van der Waals surface area contributed by atoms with Crippen molar-refractivity contribution in [2.45, 2.75) is 54.0 Å². The predicted molar refractivity (Wildman–Crippen MR) is 86.8 cm³/mol. The Morgan fingerprint density at radius 2 is 2.00 bits per heavy atom. The molecule has 0 spiro atoms. The van der Waals surface area contributed by atoms with Crippen LogP contribution in [-0.2, 0) is 0 Å². The second-order valence-corrected chi connectivity index (χ2v) is 6.63. The first-order chi connectivity index (χ1) is 8.73. The molecule has 0 aromatic carbocycles. The summed E-state index contributed by atoms with van der Waals surface area (Å²) in [5, 5.41) is 0. The zero-order valence-corrected chi connectivity index (χ0v) is 13.2. The van der Waals surface area contributed by atoms with Gasteiger partial charge in [0.25, 0.3) is 0 Å². The van der Waals surface area contributed by atoms with Crippen molar-refractivity contribution in [1.82, 2.24) is 0 Å². The van der Waals surface area contributed by atoms with Crippen molar-refractivity contribution < 1.29 is 0 Å². The molecule has 1 nitrogen and oxygen atoms in total. The molecule has 1 rings (SSSR count). The van der Waals surface area contributed by atoms with Crippen LogP contribution in [0.3, 0.4) is 0 Å². The summed E-state index contributed by atoms with van der Waals surface area (Å²) in [6, 6.07) is 0.224. The molecule has 0 aromatic heterocycles. The van der Waals surface area contributed by atoms with Gasteiger partial charge in [-0.25, -0.2) is 0 Å². The standard InChI is InChI=1S/C18H27N/c1-8-16(14(3)12-18(5,6)7)17-10-9-13(2)11-15(4)19-17/h8-11,15H,1,12H2,2-7H3/b16-14-. The van der Waals surface area contributed by atoms with E-state index in [0.717, 1.165) is 12.1 Å². The predicted octanol–water partition coefficient (Wildman–Crippen LogP) is 5.27. The minimum absolute atomic E-state index is 0.224. The van der Waals surface area contributed by atoms with Gasteiger partial charge in [-0.1, -0.05) is 56.7 Å². The lowest BCUT2D eigenvalue weighted by Gasteiger charge is -2.20. The van der Waals surface area contributed by atoms with Crippen LogP contribution in [0.15, 0.2) is 52.6 Å². The molecule has 104 valence electrons. The number of nitrogens with zero attached hydrogens (tertiary/aromatic N) is 1. The third-order valence-corrected chi connectivity index (χ3v) is 3.09. The van der Waals surface area contributed by atoms with Gasteiger partial charge in [-0.05, 0) is 44.3 Å². The monoisotopic (exact) mass is 257 g/mol. The van der Waals surface area contributed by atoms with Crippen molar-refractivity contribution in [2.75, 3.05) is 0 Å². The van der Waals surface area contributed by atoms with Crippen molar-refractivity contribution in [2.24, 2.45) is 10.4 Å². The maximum atomic E-state index is 4.77. The zero-order chi connectivity index (χ0) is 14.6. The van der Waals surface area contributed by atoms with Gasteiger partial charge in [-0.2, -0.15) is 0 Å². The lowest BCUT2D eigenvalue weighted by atomic mass is 9.86. The van der Waals surface area contributed by atoms with Crippen LogP contribution in [0.1, 0.15) is 48.0 Å². The Labute approximate surface area is 118 Å². The van der Waals surface area contributed by atoms with Gasteiger partial charge in [0.15, 0.2) is 0 Å². The fourth-order valence-electron chi connectivity index (χ4n) is 2.49. The number of hydrogen-bond acceptors (Lipinski definition) is 1. The molecule has 0 aliphatic carbocycles. The van der Waals surface area contributed by atoms with Crippen LogP contribution < -0.4 is 0 Å². The van der Waals surface area contributed by atoms with E-state index in [2.05, 4.69) is 66.3 Å². The maximum Gasteiger partial charge on any atom is 0.0664 e. The molecule has 1 aliphatic rings. The highest BCUT2D eigenvalue weighted by Gasteiger charge is 2.15. The summed E-state index contributed by atoms with van der Waals surface area (Å²) in [5.41, 5.74) is 5.15. The van der Waals surface area contributed by atoms with E-state index in [1.165, 1.54) is 16.7 Å². The molecule has 19 heavy (non-hydrogen) atoms. The van der Waals surface area contributed by atoms with Gasteiger partial charge < -0.3 is 0 Å². The SMILES string of the molecule is C=C/C(C1=NC(C)C=C(C)C=C1)=C(\C)CC(C)(C)C. The Kier molecular flexibility index (Phi) is 5.11. The van der Waals surface area contributed by atoms with E-state index in [1.807, 2.05) is 6.08 Å². The Morgan fingerprint density at radius 1 is 1.37 bits per heavy atom. The molecule has 0 saturated heterocycles. The summed E-state index contributed by atoms with van der Waals surface area (Å²) in [4.78, 5) is 4.77. The Balaban J connectivity index is 3.14. The normalized spacial score (nSPS) is 21.3. The molecular formula is C18H27N. The van der Waals surface area contributed by atoms with Crippen molar-refractivity contribution in [1.29, 1.82) is 0 Å². The quantitative estimate of drug-likeness (QED) is 0.611. The topological polar surface area (TPSA) is 12.4 Å². The molecular weight excluding hydrogens is 230 g/mol. The number of aliphatic imine (C=N–C) groups is 1. The average Bonchev–Trinajstić information content (AvgIpc) is 2.38. The van der Waals surface area contributed by atoms with Crippen LogP contribution in [0, 0.1) is 5.41 Å². The summed E-state index contributed by atoms with van der Waals surface area (Å²) in [5.74, 6) is 0. The van der Waals surface area contributed by atoms with Crippen LogP contribution >= 0.6 is 0 Å². The molecule has 1 unspecified atom stereocenters. The van der Waals surface area contributed by atoms with Crippen molar-refractivity contribution in [3.8, 4) is 0 Å². The summed E-state index contributed by atoms with van der Waals surface area (Å²) in [7, 11) is 0. The largest absolute Gasteiger partial charge is 0.278 e. The van der Waals surface area contributed by atoms with Gasteiger partial charge in [0.1, 0.15) is 0 Å². The highest BCUT2D eigenvalue weighted by Crippen LogP contribution is 2.27. The van der Waals surface area contributed by atoms with E-state index in [4.69, 9.17) is 4.99 Å². The summed E-state index contributed by atoms with van der Waals surface area (Å²) < 4.78 is 0. The highest BCUT2D eigenvalue weighted by molar-refractivity contribution is 6.11. The van der Waals surface area contributed by atoms with E-state index in [-0.39, 0.29) is 11.5 Å². The fraction of sp³-hybridized carbons (Fsp3) is 0.500. The molecule has 1 atom stereocenters. The molecule has 0 bridgehead atoms. The van der Waals surface area contributed by atoms with Crippen LogP contribution in [0.2, 0.25) is 0 Å². The Bertz CT molecular complexity index is 464. The van der Waals surface area contributed by atoms with Gasteiger partial charge in [0.05, 0.1) is 11.8 Å². The summed E-state index contributed by atoms with van der Waals surface area (Å²) in [6.07, 6.45) is 9.43. The molecule has 0 N–H and O–H groups in total. The Hall–Kier alpha value is -1.37. The third kappa shape index (κ3) is 5.02. The van der Waals surface area contributed by atoms with Gasteiger partial charge in [0.2, 0.25) is 0 Å². The molecule has 0 saturated carbocycles. The van der Waals surface area contributed by atoms with Crippen LogP contribution in [-0.4, -0.2) is 11.8 Å². The van der Waals surface area contributed by atoms with Gasteiger partial charge in [0, 0.05) is 0 Å². The fourth-order valence-corrected chi connectivity index (χ4v) is 2.49. The van der Waals surface area contributed by atoms with Gasteiger partial charge in [-0.3, -0.25) is 4.99 Å². The van der Waals surface area contributed by atoms with Gasteiger partial charge >= 0.3 is 0 Å². The van der Waals surface area contributed by atoms with Crippen molar-refractivity contribution in [3.05, 3.63) is 47.6 Å². The molecule has 0 aromatic rings. The molecule has 0 amide bonds. The first-order valence-electron chi connectivity index (χ1n) is 7.00. The number of hydrogen-bond donors (Lipinski definition) is 0. The van der Waals surface area contributed by atoms with E-state index < -0.39 is 0 Å². The molecule has 1 aliphatic heterocycles. The van der Waals surface area contributed by atoms with E-state index >= 15 is 0 Å². The minimum atomic E-state index is 0.224. The first kappa shape index (κ1) is 15.7. The van der Waals surface area contributed by atoms with E-state index in [1.54, 1.807) is 0 Å². The number of rotatable bonds is 3. The average molecular weight is 257 g/mol. The zero-order valence-electron chi connectivity index (χ0n) is 13.2. The smallest absolute Gasteiger partial charge is 0.0664 e. The molecule has 0 radical (unpaired) electrons. The maximum absolute atomic E-state index is 4.77. The lowest BCUT2D eigenvalue weighted by Crippen LogP contribution is -2.10. The highest BCUT2D eigenvalue weighted by atomic mass is 14.8. The minimum Gasteiger partial charge on any atom is -0.278 e. The van der Waals surface area contributed by atoms with Crippen molar-refractivity contribution in [3.63, 3.8) is 0 Å². The van der Waals surface area contributed by atoms with Crippen LogP contribution in [0.25, 0.3) is 0 Å².